The largest absolute Gasteiger partial charge is 0.366 e. The lowest BCUT2D eigenvalue weighted by atomic mass is 10.1. The van der Waals surface area contributed by atoms with Crippen LogP contribution in [-0.4, -0.2) is 23.4 Å². The van der Waals surface area contributed by atoms with Crippen molar-refractivity contribution in [2.75, 3.05) is 10.0 Å². The Morgan fingerprint density at radius 2 is 1.53 bits per heavy atom. The van der Waals surface area contributed by atoms with E-state index in [1.807, 2.05) is 38.1 Å². The van der Waals surface area contributed by atoms with Gasteiger partial charge in [0.1, 0.15) is 5.82 Å². The standard InChI is InChI=1S/C24H23N5O2S/c1-17-18(2)27-24(19-12-14-25-15-13-19)28-23(17)26-16-20-8-6-7-11-22(20)29-32(30,31)21-9-4-3-5-10-21/h3-15,29H,16H2,1-2H3,(H,26,27,28). The molecule has 0 saturated heterocycles. The Morgan fingerprint density at radius 1 is 0.844 bits per heavy atom. The average Bonchev–Trinajstić information content (AvgIpc) is 2.82. The third-order valence-electron chi connectivity index (χ3n) is 5.09. The third-order valence-corrected chi connectivity index (χ3v) is 6.47. The van der Waals surface area contributed by atoms with Gasteiger partial charge < -0.3 is 5.32 Å². The molecular formula is C24H23N5O2S. The SMILES string of the molecule is Cc1nc(-c2ccncc2)nc(NCc2ccccc2NS(=O)(=O)c2ccccc2)c1C. The van der Waals surface area contributed by atoms with Crippen LogP contribution in [-0.2, 0) is 16.6 Å². The van der Waals surface area contributed by atoms with Gasteiger partial charge in [-0.15, -0.1) is 0 Å². The van der Waals surface area contributed by atoms with Gasteiger partial charge in [0.15, 0.2) is 5.82 Å². The second-order valence-corrected chi connectivity index (χ2v) is 8.95. The van der Waals surface area contributed by atoms with Crippen LogP contribution in [0.2, 0.25) is 0 Å². The van der Waals surface area contributed by atoms with Crippen LogP contribution in [0.15, 0.2) is 84.0 Å². The van der Waals surface area contributed by atoms with Crippen molar-refractivity contribution in [2.45, 2.75) is 25.3 Å². The average molecular weight is 446 g/mol. The summed E-state index contributed by atoms with van der Waals surface area (Å²) >= 11 is 0. The first kappa shape index (κ1) is 21.5. The van der Waals surface area contributed by atoms with Gasteiger partial charge in [-0.1, -0.05) is 36.4 Å². The quantitative estimate of drug-likeness (QED) is 0.433. The van der Waals surface area contributed by atoms with Crippen LogP contribution in [0.4, 0.5) is 11.5 Å². The van der Waals surface area contributed by atoms with E-state index in [9.17, 15) is 8.42 Å². The number of aromatic nitrogens is 3. The number of aryl methyl sites for hydroxylation is 1. The summed E-state index contributed by atoms with van der Waals surface area (Å²) < 4.78 is 28.2. The Bertz CT molecular complexity index is 1330. The van der Waals surface area contributed by atoms with Gasteiger partial charge in [-0.2, -0.15) is 0 Å². The number of pyridine rings is 1. The van der Waals surface area contributed by atoms with Crippen LogP contribution in [0, 0.1) is 13.8 Å². The molecule has 0 aliphatic heterocycles. The maximum absolute atomic E-state index is 12.8. The van der Waals surface area contributed by atoms with E-state index in [0.717, 1.165) is 22.4 Å². The molecule has 162 valence electrons. The number of benzene rings is 2. The molecule has 4 rings (SSSR count). The van der Waals surface area contributed by atoms with Crippen molar-refractivity contribution < 1.29 is 8.42 Å². The fourth-order valence-corrected chi connectivity index (χ4v) is 4.31. The molecular weight excluding hydrogens is 422 g/mol. The van der Waals surface area contributed by atoms with Crippen molar-refractivity contribution >= 4 is 21.5 Å². The summed E-state index contributed by atoms with van der Waals surface area (Å²) in [7, 11) is -3.69. The second kappa shape index (κ2) is 9.15. The fourth-order valence-electron chi connectivity index (χ4n) is 3.19. The topological polar surface area (TPSA) is 96.9 Å². The molecule has 0 aliphatic carbocycles. The summed E-state index contributed by atoms with van der Waals surface area (Å²) in [5.74, 6) is 1.31. The lowest BCUT2D eigenvalue weighted by Crippen LogP contribution is -2.15. The van der Waals surface area contributed by atoms with Crippen LogP contribution in [0.25, 0.3) is 11.4 Å². The molecule has 0 saturated carbocycles. The zero-order chi connectivity index (χ0) is 22.6. The highest BCUT2D eigenvalue weighted by atomic mass is 32.2. The van der Waals surface area contributed by atoms with E-state index < -0.39 is 10.0 Å². The number of para-hydroxylation sites is 1. The predicted octanol–water partition coefficient (Wildman–Crippen LogP) is 4.57. The molecule has 7 nitrogen and oxygen atoms in total. The maximum atomic E-state index is 12.8. The number of hydrogen-bond acceptors (Lipinski definition) is 6. The molecule has 0 fully saturated rings. The van der Waals surface area contributed by atoms with E-state index in [1.54, 1.807) is 54.9 Å². The zero-order valence-electron chi connectivity index (χ0n) is 17.8. The number of nitrogens with one attached hydrogen (secondary N) is 2. The minimum atomic E-state index is -3.69. The summed E-state index contributed by atoms with van der Waals surface area (Å²) in [5, 5.41) is 3.34. The van der Waals surface area contributed by atoms with Gasteiger partial charge in [-0.25, -0.2) is 18.4 Å². The van der Waals surface area contributed by atoms with Crippen molar-refractivity contribution in [3.63, 3.8) is 0 Å². The fraction of sp³-hybridized carbons (Fsp3) is 0.125. The number of hydrogen-bond donors (Lipinski definition) is 2. The highest BCUT2D eigenvalue weighted by Crippen LogP contribution is 2.24. The molecule has 0 radical (unpaired) electrons. The summed E-state index contributed by atoms with van der Waals surface area (Å²) in [6, 6.07) is 19.3. The lowest BCUT2D eigenvalue weighted by Gasteiger charge is -2.15. The molecule has 2 aromatic carbocycles. The summed E-state index contributed by atoms with van der Waals surface area (Å²) in [6.07, 6.45) is 3.41. The zero-order valence-corrected chi connectivity index (χ0v) is 18.6. The summed E-state index contributed by atoms with van der Waals surface area (Å²) in [6.45, 7) is 4.29. The molecule has 0 atom stereocenters. The number of anilines is 2. The van der Waals surface area contributed by atoms with Crippen LogP contribution >= 0.6 is 0 Å². The van der Waals surface area contributed by atoms with Gasteiger partial charge in [-0.05, 0) is 49.7 Å². The Hall–Kier alpha value is -3.78. The number of nitrogens with zero attached hydrogens (tertiary/aromatic N) is 3. The second-order valence-electron chi connectivity index (χ2n) is 7.27. The van der Waals surface area contributed by atoms with Crippen molar-refractivity contribution in [1.29, 1.82) is 0 Å². The Kier molecular flexibility index (Phi) is 6.13. The Balaban J connectivity index is 1.59. The van der Waals surface area contributed by atoms with Gasteiger partial charge in [0.25, 0.3) is 10.0 Å². The van der Waals surface area contributed by atoms with Crippen LogP contribution in [0.1, 0.15) is 16.8 Å². The molecule has 0 unspecified atom stereocenters. The molecule has 0 amide bonds. The van der Waals surface area contributed by atoms with Crippen LogP contribution in [0.5, 0.6) is 0 Å². The highest BCUT2D eigenvalue weighted by molar-refractivity contribution is 7.92. The van der Waals surface area contributed by atoms with Crippen molar-refractivity contribution in [3.05, 3.63) is 95.9 Å². The van der Waals surface area contributed by atoms with Gasteiger partial charge in [0.05, 0.1) is 10.6 Å². The van der Waals surface area contributed by atoms with E-state index >= 15 is 0 Å². The van der Waals surface area contributed by atoms with Crippen molar-refractivity contribution in [3.8, 4) is 11.4 Å². The minimum absolute atomic E-state index is 0.215. The van der Waals surface area contributed by atoms with Crippen LogP contribution < -0.4 is 10.0 Å². The molecule has 0 aliphatic rings. The first-order valence-electron chi connectivity index (χ1n) is 10.1. The van der Waals surface area contributed by atoms with Crippen LogP contribution in [0.3, 0.4) is 0 Å². The molecule has 32 heavy (non-hydrogen) atoms. The molecule has 0 spiro atoms. The van der Waals surface area contributed by atoms with Gasteiger partial charge in [0, 0.05) is 35.8 Å². The number of rotatable bonds is 7. The normalized spacial score (nSPS) is 11.2. The molecule has 2 heterocycles. The van der Waals surface area contributed by atoms with Gasteiger partial charge >= 0.3 is 0 Å². The molecule has 8 heteroatoms. The maximum Gasteiger partial charge on any atom is 0.261 e. The Labute approximate surface area is 187 Å². The molecule has 2 aromatic heterocycles. The lowest BCUT2D eigenvalue weighted by molar-refractivity contribution is 0.601. The van der Waals surface area contributed by atoms with E-state index in [-0.39, 0.29) is 4.90 Å². The first-order valence-corrected chi connectivity index (χ1v) is 11.6. The Morgan fingerprint density at radius 3 is 2.28 bits per heavy atom. The predicted molar refractivity (Wildman–Crippen MR) is 126 cm³/mol. The monoisotopic (exact) mass is 445 g/mol. The van der Waals surface area contributed by atoms with Gasteiger partial charge in [-0.3, -0.25) is 9.71 Å². The first-order chi connectivity index (χ1) is 15.4. The summed E-state index contributed by atoms with van der Waals surface area (Å²) in [4.78, 5) is 13.5. The molecule has 4 aromatic rings. The third kappa shape index (κ3) is 4.76. The van der Waals surface area contributed by atoms with E-state index in [0.29, 0.717) is 23.9 Å². The smallest absolute Gasteiger partial charge is 0.261 e. The van der Waals surface area contributed by atoms with Gasteiger partial charge in [0.2, 0.25) is 0 Å². The summed E-state index contributed by atoms with van der Waals surface area (Å²) in [5.41, 5.74) is 3.99. The molecule has 0 bridgehead atoms. The van der Waals surface area contributed by atoms with Crippen molar-refractivity contribution in [1.82, 2.24) is 15.0 Å². The van der Waals surface area contributed by atoms with Crippen molar-refractivity contribution in [2.24, 2.45) is 0 Å². The van der Waals surface area contributed by atoms with E-state index in [1.165, 1.54) is 0 Å². The molecule has 2 N–H and O–H groups in total. The van der Waals surface area contributed by atoms with E-state index in [4.69, 9.17) is 0 Å². The minimum Gasteiger partial charge on any atom is -0.366 e. The van der Waals surface area contributed by atoms with E-state index in [2.05, 4.69) is 25.0 Å². The highest BCUT2D eigenvalue weighted by Gasteiger charge is 2.16. The number of sulfonamides is 1.